The Kier molecular flexibility index (Phi) is 7.97. The van der Waals surface area contributed by atoms with Gasteiger partial charge in [0, 0.05) is 38.9 Å². The number of hydrogen-bond donors (Lipinski definition) is 0. The van der Waals surface area contributed by atoms with Crippen LogP contribution in [0.2, 0.25) is 0 Å². The number of allylic oxidation sites excluding steroid dienone is 1. The number of methoxy groups -OCH3 is 3. The lowest BCUT2D eigenvalue weighted by Crippen LogP contribution is -2.39. The molecule has 0 spiro atoms. The molecule has 37 heavy (non-hydrogen) atoms. The monoisotopic (exact) mass is 497 g/mol. The van der Waals surface area contributed by atoms with E-state index in [9.17, 15) is 0 Å². The van der Waals surface area contributed by atoms with Crippen molar-refractivity contribution in [2.24, 2.45) is 11.8 Å². The molecule has 1 fully saturated rings. The van der Waals surface area contributed by atoms with Gasteiger partial charge in [0.15, 0.2) is 6.29 Å². The lowest BCUT2D eigenvalue weighted by Gasteiger charge is -2.36. The Morgan fingerprint density at radius 1 is 0.784 bits per heavy atom. The minimum Gasteiger partial charge on any atom is -0.497 e. The molecule has 1 saturated heterocycles. The highest BCUT2D eigenvalue weighted by molar-refractivity contribution is 6.00. The molecule has 5 rings (SSSR count). The zero-order valence-corrected chi connectivity index (χ0v) is 22.6. The predicted octanol–water partition coefficient (Wildman–Crippen LogP) is 7.07. The van der Waals surface area contributed by atoms with Gasteiger partial charge in [0.05, 0.1) is 7.11 Å². The molecular weight excluding hydrogens is 458 g/mol. The highest BCUT2D eigenvalue weighted by Crippen LogP contribution is 2.43. The summed E-state index contributed by atoms with van der Waals surface area (Å²) in [6.45, 7) is 4.41. The van der Waals surface area contributed by atoms with Crippen molar-refractivity contribution in [3.63, 3.8) is 0 Å². The van der Waals surface area contributed by atoms with Crippen molar-refractivity contribution >= 4 is 16.8 Å². The molecule has 0 aromatic heterocycles. The van der Waals surface area contributed by atoms with Crippen LogP contribution in [0.15, 0.2) is 72.8 Å². The van der Waals surface area contributed by atoms with Crippen LogP contribution in [0.3, 0.4) is 0 Å². The number of anilines is 1. The Morgan fingerprint density at radius 3 is 2.14 bits per heavy atom. The minimum atomic E-state index is -0.108. The number of fused-ring (bicyclic) bond motifs is 1. The number of aryl methyl sites for hydroxylation is 1. The zero-order valence-electron chi connectivity index (χ0n) is 22.6. The van der Waals surface area contributed by atoms with Gasteiger partial charge < -0.3 is 19.1 Å². The Hall–Kier alpha value is -3.08. The van der Waals surface area contributed by atoms with Crippen LogP contribution < -0.4 is 9.64 Å². The molecule has 4 nitrogen and oxygen atoms in total. The van der Waals surface area contributed by atoms with Gasteiger partial charge in [-0.2, -0.15) is 0 Å². The van der Waals surface area contributed by atoms with E-state index in [1.54, 1.807) is 21.3 Å². The molecule has 194 valence electrons. The van der Waals surface area contributed by atoms with E-state index in [0.29, 0.717) is 11.8 Å². The van der Waals surface area contributed by atoms with Crippen LogP contribution in [-0.2, 0) is 15.9 Å². The van der Waals surface area contributed by atoms with Gasteiger partial charge in [-0.25, -0.2) is 0 Å². The van der Waals surface area contributed by atoms with Crippen molar-refractivity contribution < 1.29 is 14.2 Å². The van der Waals surface area contributed by atoms with E-state index >= 15 is 0 Å². The van der Waals surface area contributed by atoms with Crippen LogP contribution in [0.5, 0.6) is 5.75 Å². The summed E-state index contributed by atoms with van der Waals surface area (Å²) in [5, 5.41) is 0. The smallest absolute Gasteiger partial charge is 0.159 e. The van der Waals surface area contributed by atoms with Crippen LogP contribution in [0.25, 0.3) is 11.1 Å². The SMILES string of the molecule is COc1ccc2c(c1)CC[C@H](C)C(c1ccccc1)=C2c1ccc(N2CCC(C(OC)OC)CC2)cc1. The fourth-order valence-electron chi connectivity index (χ4n) is 6.16. The van der Waals surface area contributed by atoms with E-state index in [0.717, 1.165) is 44.5 Å². The number of ether oxygens (including phenoxy) is 3. The minimum absolute atomic E-state index is 0.108. The van der Waals surface area contributed by atoms with E-state index in [-0.39, 0.29) is 6.29 Å². The largest absolute Gasteiger partial charge is 0.497 e. The van der Waals surface area contributed by atoms with Crippen LogP contribution in [-0.4, -0.2) is 40.7 Å². The summed E-state index contributed by atoms with van der Waals surface area (Å²) in [6, 6.07) is 26.7. The van der Waals surface area contributed by atoms with Crippen molar-refractivity contribution in [2.75, 3.05) is 39.3 Å². The molecule has 0 amide bonds. The molecule has 0 bridgehead atoms. The first-order valence-electron chi connectivity index (χ1n) is 13.5. The molecule has 1 atom stereocenters. The molecule has 4 heteroatoms. The number of piperidine rings is 1. The molecule has 0 saturated carbocycles. The third-order valence-corrected chi connectivity index (χ3v) is 8.19. The fourth-order valence-corrected chi connectivity index (χ4v) is 6.16. The normalized spacial score (nSPS) is 18.6. The molecule has 1 heterocycles. The van der Waals surface area contributed by atoms with Gasteiger partial charge in [-0.1, -0.05) is 55.5 Å². The molecule has 1 aliphatic heterocycles. The lowest BCUT2D eigenvalue weighted by molar-refractivity contribution is -0.141. The maximum absolute atomic E-state index is 5.58. The summed E-state index contributed by atoms with van der Waals surface area (Å²) < 4.78 is 16.6. The van der Waals surface area contributed by atoms with Gasteiger partial charge in [-0.15, -0.1) is 0 Å². The Balaban J connectivity index is 1.51. The third kappa shape index (κ3) is 5.32. The molecule has 0 radical (unpaired) electrons. The van der Waals surface area contributed by atoms with Crippen LogP contribution in [0.4, 0.5) is 5.69 Å². The Bertz CT molecular complexity index is 1210. The second kappa shape index (κ2) is 11.5. The second-order valence-electron chi connectivity index (χ2n) is 10.3. The zero-order chi connectivity index (χ0) is 25.8. The van der Waals surface area contributed by atoms with Gasteiger partial charge in [0.1, 0.15) is 5.75 Å². The molecular formula is C33H39NO3. The topological polar surface area (TPSA) is 30.9 Å². The average Bonchev–Trinajstić information content (AvgIpc) is 3.10. The van der Waals surface area contributed by atoms with Crippen molar-refractivity contribution in [1.29, 1.82) is 0 Å². The maximum Gasteiger partial charge on any atom is 0.159 e. The molecule has 2 aliphatic rings. The molecule has 3 aromatic rings. The van der Waals surface area contributed by atoms with Crippen molar-refractivity contribution in [1.82, 2.24) is 0 Å². The molecule has 3 aromatic carbocycles. The second-order valence-corrected chi connectivity index (χ2v) is 10.3. The lowest BCUT2D eigenvalue weighted by atomic mass is 9.84. The first-order chi connectivity index (χ1) is 18.1. The first kappa shape index (κ1) is 25.6. The van der Waals surface area contributed by atoms with E-state index < -0.39 is 0 Å². The number of hydrogen-bond acceptors (Lipinski definition) is 4. The van der Waals surface area contributed by atoms with E-state index in [4.69, 9.17) is 14.2 Å². The summed E-state index contributed by atoms with van der Waals surface area (Å²) in [5.41, 5.74) is 9.34. The average molecular weight is 498 g/mol. The van der Waals surface area contributed by atoms with Gasteiger partial charge in [-0.05, 0) is 89.3 Å². The third-order valence-electron chi connectivity index (χ3n) is 8.19. The molecule has 0 unspecified atom stereocenters. The molecule has 0 N–H and O–H groups in total. The first-order valence-corrected chi connectivity index (χ1v) is 13.5. The van der Waals surface area contributed by atoms with Crippen LogP contribution in [0, 0.1) is 11.8 Å². The van der Waals surface area contributed by atoms with Crippen LogP contribution >= 0.6 is 0 Å². The molecule has 1 aliphatic carbocycles. The summed E-state index contributed by atoms with van der Waals surface area (Å²) in [7, 11) is 5.22. The van der Waals surface area contributed by atoms with Crippen molar-refractivity contribution in [2.45, 2.75) is 38.9 Å². The number of rotatable bonds is 7. The highest BCUT2D eigenvalue weighted by atomic mass is 16.7. The summed E-state index contributed by atoms with van der Waals surface area (Å²) >= 11 is 0. The van der Waals surface area contributed by atoms with E-state index in [1.165, 1.54) is 39.1 Å². The Labute approximate surface area is 221 Å². The van der Waals surface area contributed by atoms with Crippen LogP contribution in [0.1, 0.15) is 48.4 Å². The van der Waals surface area contributed by atoms with Crippen molar-refractivity contribution in [3.8, 4) is 5.75 Å². The summed E-state index contributed by atoms with van der Waals surface area (Å²) in [6.07, 6.45) is 4.20. The summed E-state index contributed by atoms with van der Waals surface area (Å²) in [5.74, 6) is 1.82. The van der Waals surface area contributed by atoms with Gasteiger partial charge in [0.25, 0.3) is 0 Å². The standard InChI is InChI=1S/C33H39NO3/c1-23-10-11-27-22-29(35-2)16-17-30(27)32(31(23)24-8-6-5-7-9-24)25-12-14-28(15-13-25)34-20-18-26(19-21-34)33(36-3)37-4/h5-9,12-17,22-23,26,33H,10-11,18-21H2,1-4H3/t23-/m0/s1. The van der Waals surface area contributed by atoms with E-state index in [2.05, 4.69) is 84.6 Å². The maximum atomic E-state index is 5.58. The highest BCUT2D eigenvalue weighted by Gasteiger charge is 2.28. The van der Waals surface area contributed by atoms with Crippen molar-refractivity contribution in [3.05, 3.63) is 95.1 Å². The number of nitrogens with zero attached hydrogens (tertiary/aromatic N) is 1. The van der Waals surface area contributed by atoms with Gasteiger partial charge >= 0.3 is 0 Å². The Morgan fingerprint density at radius 2 is 1.49 bits per heavy atom. The van der Waals surface area contributed by atoms with Gasteiger partial charge in [-0.3, -0.25) is 0 Å². The predicted molar refractivity (Wildman–Crippen MR) is 152 cm³/mol. The number of benzene rings is 3. The summed E-state index contributed by atoms with van der Waals surface area (Å²) in [4.78, 5) is 2.49. The fraction of sp³-hybridized carbons (Fsp3) is 0.394. The quantitative estimate of drug-likeness (QED) is 0.327. The van der Waals surface area contributed by atoms with E-state index in [1.807, 2.05) is 0 Å². The van der Waals surface area contributed by atoms with Gasteiger partial charge in [0.2, 0.25) is 0 Å².